The Morgan fingerprint density at radius 2 is 2.00 bits per heavy atom. The molecule has 0 spiro atoms. The third-order valence-electron chi connectivity index (χ3n) is 3.47. The van der Waals surface area contributed by atoms with Crippen LogP contribution in [0, 0.1) is 5.41 Å². The molecule has 0 saturated heterocycles. The van der Waals surface area contributed by atoms with Crippen molar-refractivity contribution in [3.05, 3.63) is 36.0 Å². The number of carbonyl (C=O) groups excluding carboxylic acids is 1. The third kappa shape index (κ3) is 5.33. The molecule has 21 heavy (non-hydrogen) atoms. The summed E-state index contributed by atoms with van der Waals surface area (Å²) < 4.78 is 0. The molecule has 1 atom stereocenters. The average molecular weight is 289 g/mol. The first kappa shape index (κ1) is 17.4. The number of nitrogens with two attached hydrogens (primary N) is 1. The molecule has 2 aromatic rings. The molecule has 1 unspecified atom stereocenters. The van der Waals surface area contributed by atoms with E-state index in [4.69, 9.17) is 5.73 Å². The van der Waals surface area contributed by atoms with Gasteiger partial charge in [0.1, 0.15) is 6.29 Å². The number of benzene rings is 1. The maximum Gasteiger partial charge on any atom is 0.137 e. The molecule has 0 radical (unpaired) electrons. The van der Waals surface area contributed by atoms with Crippen LogP contribution in [0.1, 0.15) is 26.3 Å². The Hall–Kier alpha value is -1.65. The predicted octanol–water partition coefficient (Wildman–Crippen LogP) is 2.49. The molecule has 116 valence electrons. The van der Waals surface area contributed by atoms with Crippen LogP contribution in [0.3, 0.4) is 0 Å². The first-order valence-corrected chi connectivity index (χ1v) is 7.30. The second kappa shape index (κ2) is 7.96. The van der Waals surface area contributed by atoms with Crippen molar-refractivity contribution in [1.29, 1.82) is 0 Å². The van der Waals surface area contributed by atoms with Gasteiger partial charge in [0.25, 0.3) is 0 Å². The molecule has 1 heterocycles. The summed E-state index contributed by atoms with van der Waals surface area (Å²) in [4.78, 5) is 13.3. The quantitative estimate of drug-likeness (QED) is 0.757. The van der Waals surface area contributed by atoms with Crippen molar-refractivity contribution in [3.8, 4) is 0 Å². The second-order valence-electron chi connectivity index (χ2n) is 6.24. The number of likely N-dealkylation sites (N-methyl/N-ethyl adjacent to an activating group) is 1. The van der Waals surface area contributed by atoms with Gasteiger partial charge >= 0.3 is 0 Å². The van der Waals surface area contributed by atoms with Crippen LogP contribution in [0.2, 0.25) is 0 Å². The summed E-state index contributed by atoms with van der Waals surface area (Å²) >= 11 is 0. The minimum absolute atomic E-state index is 0.0816. The van der Waals surface area contributed by atoms with Gasteiger partial charge in [-0.15, -0.1) is 0 Å². The monoisotopic (exact) mass is 289 g/mol. The molecule has 0 amide bonds. The molecular formula is C17H27N3O. The maximum absolute atomic E-state index is 10.0. The second-order valence-corrected chi connectivity index (χ2v) is 6.24. The Labute approximate surface area is 127 Å². The van der Waals surface area contributed by atoms with E-state index < -0.39 is 0 Å². The maximum atomic E-state index is 10.0. The fraction of sp³-hybridized carbons (Fsp3) is 0.471. The predicted molar refractivity (Wildman–Crippen MR) is 89.4 cm³/mol. The van der Waals surface area contributed by atoms with Crippen LogP contribution in [0.25, 0.3) is 10.9 Å². The summed E-state index contributed by atoms with van der Waals surface area (Å²) in [5.74, 6) is 0. The van der Waals surface area contributed by atoms with Crippen molar-refractivity contribution < 1.29 is 4.79 Å². The standard InChI is InChI=1S/C11H14N2.C6H13NO/c1-12-7-6-9-8-13-11-5-3-2-4-10(9)11;1-6(2,3)5(7)4-8/h2-5,8,12-13H,6-7H2,1H3;4-5H,7H2,1-3H3. The van der Waals surface area contributed by atoms with Gasteiger partial charge in [-0.3, -0.25) is 0 Å². The van der Waals surface area contributed by atoms with E-state index in [0.717, 1.165) is 19.3 Å². The highest BCUT2D eigenvalue weighted by Crippen LogP contribution is 2.17. The zero-order valence-electron chi connectivity index (χ0n) is 13.4. The van der Waals surface area contributed by atoms with Gasteiger partial charge in [0.15, 0.2) is 0 Å². The Morgan fingerprint density at radius 3 is 2.52 bits per heavy atom. The van der Waals surface area contributed by atoms with Crippen LogP contribution in [-0.2, 0) is 11.2 Å². The summed E-state index contributed by atoms with van der Waals surface area (Å²) in [6, 6.07) is 8.08. The fourth-order valence-corrected chi connectivity index (χ4v) is 1.80. The summed E-state index contributed by atoms with van der Waals surface area (Å²) in [6.07, 6.45) is 3.96. The number of carbonyl (C=O) groups is 1. The van der Waals surface area contributed by atoms with Crippen LogP contribution in [0.15, 0.2) is 30.5 Å². The number of aromatic amines is 1. The van der Waals surface area contributed by atoms with Crippen LogP contribution in [0.5, 0.6) is 0 Å². The van der Waals surface area contributed by atoms with Gasteiger partial charge in [-0.05, 0) is 37.1 Å². The SMILES string of the molecule is CC(C)(C)C(N)C=O.CNCCc1c[nH]c2ccccc12. The van der Waals surface area contributed by atoms with Gasteiger partial charge in [0.05, 0.1) is 6.04 Å². The lowest BCUT2D eigenvalue weighted by atomic mass is 9.89. The number of nitrogens with one attached hydrogen (secondary N) is 2. The minimum Gasteiger partial charge on any atom is -0.361 e. The van der Waals surface area contributed by atoms with Crippen LogP contribution in [0.4, 0.5) is 0 Å². The summed E-state index contributed by atoms with van der Waals surface area (Å²) in [5, 5.41) is 4.50. The van der Waals surface area contributed by atoms with E-state index in [0.29, 0.717) is 0 Å². The van der Waals surface area contributed by atoms with E-state index in [9.17, 15) is 4.79 Å². The number of rotatable bonds is 4. The van der Waals surface area contributed by atoms with E-state index in [1.54, 1.807) is 0 Å². The number of hydrogen-bond donors (Lipinski definition) is 3. The molecule has 0 bridgehead atoms. The largest absolute Gasteiger partial charge is 0.361 e. The molecule has 4 heteroatoms. The highest BCUT2D eigenvalue weighted by atomic mass is 16.1. The highest BCUT2D eigenvalue weighted by molar-refractivity contribution is 5.83. The Bertz CT molecular complexity index is 554. The zero-order valence-corrected chi connectivity index (χ0v) is 13.4. The number of H-pyrrole nitrogens is 1. The topological polar surface area (TPSA) is 70.9 Å². The molecule has 4 N–H and O–H groups in total. The number of aromatic nitrogens is 1. The third-order valence-corrected chi connectivity index (χ3v) is 3.47. The first-order chi connectivity index (χ1) is 9.90. The molecule has 0 aliphatic carbocycles. The number of para-hydroxylation sites is 1. The molecule has 0 aliphatic rings. The number of hydrogen-bond acceptors (Lipinski definition) is 3. The molecule has 0 fully saturated rings. The van der Waals surface area contributed by atoms with E-state index in [2.05, 4.69) is 40.8 Å². The molecule has 0 aliphatic heterocycles. The molecule has 1 aromatic carbocycles. The van der Waals surface area contributed by atoms with Gasteiger partial charge in [-0.2, -0.15) is 0 Å². The Kier molecular flexibility index (Phi) is 6.59. The van der Waals surface area contributed by atoms with Gasteiger partial charge in [-0.1, -0.05) is 39.0 Å². The highest BCUT2D eigenvalue weighted by Gasteiger charge is 2.18. The van der Waals surface area contributed by atoms with E-state index >= 15 is 0 Å². The van der Waals surface area contributed by atoms with Crippen molar-refractivity contribution >= 4 is 17.2 Å². The Morgan fingerprint density at radius 1 is 1.33 bits per heavy atom. The van der Waals surface area contributed by atoms with Crippen LogP contribution >= 0.6 is 0 Å². The van der Waals surface area contributed by atoms with Crippen molar-refractivity contribution in [3.63, 3.8) is 0 Å². The fourth-order valence-electron chi connectivity index (χ4n) is 1.80. The van der Waals surface area contributed by atoms with Gasteiger partial charge < -0.3 is 20.8 Å². The number of aldehydes is 1. The minimum atomic E-state index is -0.331. The summed E-state index contributed by atoms with van der Waals surface area (Å²) in [7, 11) is 1.98. The average Bonchev–Trinajstić information content (AvgIpc) is 2.87. The lowest BCUT2D eigenvalue weighted by Crippen LogP contribution is -2.36. The van der Waals surface area contributed by atoms with Gasteiger partial charge in [0.2, 0.25) is 0 Å². The zero-order chi connectivity index (χ0) is 15.9. The van der Waals surface area contributed by atoms with E-state index in [1.165, 1.54) is 16.5 Å². The van der Waals surface area contributed by atoms with Crippen molar-refractivity contribution in [2.45, 2.75) is 33.2 Å². The van der Waals surface area contributed by atoms with Crippen LogP contribution in [-0.4, -0.2) is 30.9 Å². The molecule has 4 nitrogen and oxygen atoms in total. The lowest BCUT2D eigenvalue weighted by molar-refractivity contribution is -0.110. The van der Waals surface area contributed by atoms with Crippen molar-refractivity contribution in [2.24, 2.45) is 11.1 Å². The Balaban J connectivity index is 0.000000240. The van der Waals surface area contributed by atoms with Gasteiger partial charge in [-0.25, -0.2) is 0 Å². The van der Waals surface area contributed by atoms with Crippen LogP contribution < -0.4 is 11.1 Å². The van der Waals surface area contributed by atoms with Crippen molar-refractivity contribution in [1.82, 2.24) is 10.3 Å². The summed E-state index contributed by atoms with van der Waals surface area (Å²) in [6.45, 7) is 6.84. The molecule has 2 rings (SSSR count). The first-order valence-electron chi connectivity index (χ1n) is 7.30. The molecule has 1 aromatic heterocycles. The summed E-state index contributed by atoms with van der Waals surface area (Å²) in [5.41, 5.74) is 7.92. The van der Waals surface area contributed by atoms with Crippen molar-refractivity contribution in [2.75, 3.05) is 13.6 Å². The lowest BCUT2D eigenvalue weighted by Gasteiger charge is -2.20. The molecular weight excluding hydrogens is 262 g/mol. The van der Waals surface area contributed by atoms with E-state index in [-0.39, 0.29) is 11.5 Å². The van der Waals surface area contributed by atoms with E-state index in [1.807, 2.05) is 27.8 Å². The van der Waals surface area contributed by atoms with Gasteiger partial charge in [0, 0.05) is 17.1 Å². The molecule has 0 saturated carbocycles. The number of fused-ring (bicyclic) bond motifs is 1. The smallest absolute Gasteiger partial charge is 0.137 e. The normalized spacial score (nSPS) is 12.6.